The fourth-order valence-electron chi connectivity index (χ4n) is 1.55. The van der Waals surface area contributed by atoms with E-state index in [2.05, 4.69) is 4.98 Å². The van der Waals surface area contributed by atoms with E-state index in [1.807, 2.05) is 0 Å². The van der Waals surface area contributed by atoms with Crippen LogP contribution in [0.2, 0.25) is 0 Å². The van der Waals surface area contributed by atoms with Gasteiger partial charge in [-0.3, -0.25) is 4.98 Å². The van der Waals surface area contributed by atoms with Crippen LogP contribution in [0.4, 0.5) is 10.1 Å². The number of rotatable bonds is 3. The molecule has 2 N–H and O–H groups in total. The molecule has 0 saturated carbocycles. The lowest BCUT2D eigenvalue weighted by molar-refractivity contribution is 0.590. The zero-order valence-electron chi connectivity index (χ0n) is 9.38. The Bertz CT molecular complexity index is 637. The molecule has 0 radical (unpaired) electrons. The maximum Gasteiger partial charge on any atom is 0.182 e. The molecule has 0 spiro atoms. The van der Waals surface area contributed by atoms with Crippen LogP contribution < -0.4 is 5.73 Å². The van der Waals surface area contributed by atoms with Gasteiger partial charge in [0.1, 0.15) is 5.82 Å². The van der Waals surface area contributed by atoms with Crippen molar-refractivity contribution in [3.8, 4) is 0 Å². The Balaban J connectivity index is 2.37. The summed E-state index contributed by atoms with van der Waals surface area (Å²) in [4.78, 5) is 3.69. The average Bonchev–Trinajstić information content (AvgIpc) is 2.28. The predicted molar refractivity (Wildman–Crippen MR) is 65.9 cm³/mol. The maximum atomic E-state index is 13.1. The highest BCUT2D eigenvalue weighted by molar-refractivity contribution is 7.90. The summed E-state index contributed by atoms with van der Waals surface area (Å²) >= 11 is 0. The number of sulfone groups is 1. The van der Waals surface area contributed by atoms with E-state index in [4.69, 9.17) is 5.73 Å². The quantitative estimate of drug-likeness (QED) is 0.859. The van der Waals surface area contributed by atoms with E-state index in [0.29, 0.717) is 5.56 Å². The third kappa shape index (κ3) is 2.84. The van der Waals surface area contributed by atoms with Gasteiger partial charge < -0.3 is 5.73 Å². The van der Waals surface area contributed by atoms with Gasteiger partial charge in [-0.25, -0.2) is 12.8 Å². The van der Waals surface area contributed by atoms with Crippen LogP contribution in [0.3, 0.4) is 0 Å². The van der Waals surface area contributed by atoms with Gasteiger partial charge in [0.15, 0.2) is 9.84 Å². The minimum Gasteiger partial charge on any atom is -0.399 e. The summed E-state index contributed by atoms with van der Waals surface area (Å²) in [7, 11) is -3.61. The number of nitrogens with zero attached hydrogens (tertiary/aromatic N) is 1. The zero-order valence-corrected chi connectivity index (χ0v) is 10.2. The lowest BCUT2D eigenvalue weighted by Crippen LogP contribution is -2.06. The highest BCUT2D eigenvalue weighted by Gasteiger charge is 2.16. The third-order valence-electron chi connectivity index (χ3n) is 2.36. The van der Waals surface area contributed by atoms with Crippen molar-refractivity contribution in [2.75, 3.05) is 5.73 Å². The number of nitrogens with two attached hydrogens (primary N) is 1. The molecule has 94 valence electrons. The van der Waals surface area contributed by atoms with Gasteiger partial charge in [0, 0.05) is 18.1 Å². The van der Waals surface area contributed by atoms with Gasteiger partial charge in [0.2, 0.25) is 0 Å². The van der Waals surface area contributed by atoms with E-state index < -0.39 is 15.7 Å². The molecular formula is C12H11FN2O2S. The van der Waals surface area contributed by atoms with E-state index in [9.17, 15) is 12.8 Å². The maximum absolute atomic E-state index is 13.1. The summed E-state index contributed by atoms with van der Waals surface area (Å²) in [6.45, 7) is 0. The number of nitrogen functional groups attached to an aromatic ring is 1. The Hall–Kier alpha value is -1.95. The number of aromatic nitrogens is 1. The minimum absolute atomic E-state index is 0.0864. The third-order valence-corrected chi connectivity index (χ3v) is 4.03. The average molecular weight is 266 g/mol. The summed E-state index contributed by atoms with van der Waals surface area (Å²) in [6, 6.07) is 6.48. The smallest absolute Gasteiger partial charge is 0.182 e. The molecule has 4 nitrogen and oxygen atoms in total. The van der Waals surface area contributed by atoms with Gasteiger partial charge in [-0.1, -0.05) is 0 Å². The fourth-order valence-corrected chi connectivity index (χ4v) is 2.95. The molecule has 0 amide bonds. The largest absolute Gasteiger partial charge is 0.399 e. The Morgan fingerprint density at radius 1 is 1.17 bits per heavy atom. The zero-order chi connectivity index (χ0) is 13.2. The number of anilines is 1. The molecular weight excluding hydrogens is 255 g/mol. The van der Waals surface area contributed by atoms with Crippen molar-refractivity contribution in [2.45, 2.75) is 10.6 Å². The molecule has 0 aliphatic carbocycles. The summed E-state index contributed by atoms with van der Waals surface area (Å²) < 4.78 is 37.3. The Labute approximate surface area is 104 Å². The van der Waals surface area contributed by atoms with Crippen molar-refractivity contribution in [3.63, 3.8) is 0 Å². The minimum atomic E-state index is -3.61. The molecule has 1 aromatic heterocycles. The van der Waals surface area contributed by atoms with E-state index in [-0.39, 0.29) is 16.3 Å². The summed E-state index contributed by atoms with van der Waals surface area (Å²) in [5, 5.41) is 0. The number of pyridine rings is 1. The van der Waals surface area contributed by atoms with Crippen molar-refractivity contribution >= 4 is 15.5 Å². The van der Waals surface area contributed by atoms with Crippen LogP contribution in [0, 0.1) is 5.82 Å². The first-order chi connectivity index (χ1) is 8.47. The van der Waals surface area contributed by atoms with Crippen LogP contribution in [-0.2, 0) is 15.6 Å². The summed E-state index contributed by atoms with van der Waals surface area (Å²) in [6.07, 6.45) is 3.01. The van der Waals surface area contributed by atoms with Gasteiger partial charge in [-0.15, -0.1) is 0 Å². The van der Waals surface area contributed by atoms with Gasteiger partial charge >= 0.3 is 0 Å². The predicted octanol–water partition coefficient (Wildman–Crippen LogP) is 1.78. The van der Waals surface area contributed by atoms with Gasteiger partial charge in [-0.2, -0.15) is 0 Å². The monoisotopic (exact) mass is 266 g/mol. The first kappa shape index (κ1) is 12.5. The molecule has 0 aliphatic heterocycles. The lowest BCUT2D eigenvalue weighted by Gasteiger charge is -2.05. The molecule has 0 fully saturated rings. The summed E-state index contributed by atoms with van der Waals surface area (Å²) in [5.74, 6) is -0.874. The van der Waals surface area contributed by atoms with Crippen molar-refractivity contribution in [2.24, 2.45) is 0 Å². The van der Waals surface area contributed by atoms with Crippen LogP contribution in [0.1, 0.15) is 5.56 Å². The van der Waals surface area contributed by atoms with E-state index in [0.717, 1.165) is 12.1 Å². The van der Waals surface area contributed by atoms with Crippen LogP contribution in [-0.4, -0.2) is 13.4 Å². The van der Waals surface area contributed by atoms with Crippen LogP contribution in [0.25, 0.3) is 0 Å². The standard InChI is InChI=1S/C12H11FN2O2S/c13-10-5-11(14)7-12(6-10)18(16,17)8-9-1-3-15-4-2-9/h1-7H,8,14H2. The number of benzene rings is 1. The molecule has 1 aromatic carbocycles. The molecule has 1 heterocycles. The van der Waals surface area contributed by atoms with Crippen LogP contribution in [0.5, 0.6) is 0 Å². The molecule has 18 heavy (non-hydrogen) atoms. The van der Waals surface area contributed by atoms with Gasteiger partial charge in [0.25, 0.3) is 0 Å². The topological polar surface area (TPSA) is 73.1 Å². The van der Waals surface area contributed by atoms with Gasteiger partial charge in [-0.05, 0) is 35.9 Å². The van der Waals surface area contributed by atoms with Crippen molar-refractivity contribution in [1.29, 1.82) is 0 Å². The SMILES string of the molecule is Nc1cc(F)cc(S(=O)(=O)Cc2ccncc2)c1. The molecule has 0 aliphatic rings. The molecule has 2 rings (SSSR count). The second-order valence-corrected chi connectivity index (χ2v) is 5.82. The van der Waals surface area contributed by atoms with Crippen LogP contribution in [0.15, 0.2) is 47.6 Å². The normalized spacial score (nSPS) is 11.4. The molecule has 0 bridgehead atoms. The second kappa shape index (κ2) is 4.73. The Kier molecular flexibility index (Phi) is 3.29. The Morgan fingerprint density at radius 3 is 2.44 bits per heavy atom. The van der Waals surface area contributed by atoms with E-state index in [1.54, 1.807) is 12.1 Å². The number of hydrogen-bond donors (Lipinski definition) is 1. The fraction of sp³-hybridized carbons (Fsp3) is 0.0833. The summed E-state index contributed by atoms with van der Waals surface area (Å²) in [5.41, 5.74) is 6.11. The first-order valence-electron chi connectivity index (χ1n) is 5.15. The van der Waals surface area contributed by atoms with Crippen molar-refractivity contribution in [1.82, 2.24) is 4.98 Å². The number of hydrogen-bond acceptors (Lipinski definition) is 4. The second-order valence-electron chi connectivity index (χ2n) is 3.83. The molecule has 2 aromatic rings. The van der Waals surface area contributed by atoms with E-state index >= 15 is 0 Å². The molecule has 0 saturated heterocycles. The number of halogens is 1. The molecule has 6 heteroatoms. The Morgan fingerprint density at radius 2 is 1.83 bits per heavy atom. The lowest BCUT2D eigenvalue weighted by atomic mass is 10.3. The van der Waals surface area contributed by atoms with Gasteiger partial charge in [0.05, 0.1) is 10.6 Å². The molecule has 0 atom stereocenters. The van der Waals surface area contributed by atoms with Crippen molar-refractivity contribution < 1.29 is 12.8 Å². The first-order valence-corrected chi connectivity index (χ1v) is 6.80. The highest BCUT2D eigenvalue weighted by atomic mass is 32.2. The highest BCUT2D eigenvalue weighted by Crippen LogP contribution is 2.20. The van der Waals surface area contributed by atoms with Crippen molar-refractivity contribution in [3.05, 3.63) is 54.1 Å². The van der Waals surface area contributed by atoms with Crippen LogP contribution >= 0.6 is 0 Å². The van der Waals surface area contributed by atoms with E-state index in [1.165, 1.54) is 18.5 Å². The molecule has 0 unspecified atom stereocenters.